The fourth-order valence-corrected chi connectivity index (χ4v) is 5.54. The van der Waals surface area contributed by atoms with E-state index in [1.807, 2.05) is 47.4 Å². The van der Waals surface area contributed by atoms with E-state index in [9.17, 15) is 9.59 Å². The third-order valence-electron chi connectivity index (χ3n) is 6.06. The summed E-state index contributed by atoms with van der Waals surface area (Å²) >= 11 is 1.65. The van der Waals surface area contributed by atoms with Crippen molar-refractivity contribution in [2.24, 2.45) is 0 Å². The first-order chi connectivity index (χ1) is 14.7. The second-order valence-corrected chi connectivity index (χ2v) is 9.38. The Morgan fingerprint density at radius 2 is 1.60 bits per heavy atom. The Morgan fingerprint density at radius 1 is 0.933 bits per heavy atom. The number of hydrogen-bond acceptors (Lipinski definition) is 3. The summed E-state index contributed by atoms with van der Waals surface area (Å²) in [6.45, 7) is 0.612. The van der Waals surface area contributed by atoms with Gasteiger partial charge in [-0.2, -0.15) is 0 Å². The molecular formula is C25H30N2O2S. The summed E-state index contributed by atoms with van der Waals surface area (Å²) in [5.74, 6) is 0.685. The molecule has 4 rings (SSSR count). The van der Waals surface area contributed by atoms with Crippen LogP contribution in [0.4, 0.5) is 0 Å². The average molecular weight is 423 g/mol. The van der Waals surface area contributed by atoms with Gasteiger partial charge < -0.3 is 10.2 Å². The minimum atomic E-state index is 0.000393. The molecule has 4 nitrogen and oxygen atoms in total. The number of carbonyl (C=O) groups is 2. The molecule has 1 saturated heterocycles. The number of hydrogen-bond donors (Lipinski definition) is 1. The molecule has 1 heterocycles. The maximum absolute atomic E-state index is 12.7. The Balaban J connectivity index is 1.40. The molecule has 1 atom stereocenters. The van der Waals surface area contributed by atoms with Crippen molar-refractivity contribution in [1.29, 1.82) is 0 Å². The second kappa shape index (κ2) is 10.2. The van der Waals surface area contributed by atoms with E-state index in [4.69, 9.17) is 0 Å². The summed E-state index contributed by atoms with van der Waals surface area (Å²) in [5.41, 5.74) is 2.91. The van der Waals surface area contributed by atoms with Crippen molar-refractivity contribution in [3.8, 4) is 0 Å². The van der Waals surface area contributed by atoms with E-state index in [1.165, 1.54) is 32.1 Å². The van der Waals surface area contributed by atoms with Crippen molar-refractivity contribution >= 4 is 23.6 Å². The molecule has 2 amide bonds. The molecule has 0 spiro atoms. The topological polar surface area (TPSA) is 49.4 Å². The highest BCUT2D eigenvalue weighted by Crippen LogP contribution is 2.39. The number of amides is 2. The van der Waals surface area contributed by atoms with Gasteiger partial charge in [0.2, 0.25) is 5.91 Å². The molecule has 2 aromatic rings. The van der Waals surface area contributed by atoms with Gasteiger partial charge in [-0.1, -0.05) is 74.6 Å². The lowest BCUT2D eigenvalue weighted by molar-refractivity contribution is -0.128. The van der Waals surface area contributed by atoms with Crippen LogP contribution in [0.5, 0.6) is 0 Å². The molecular weight excluding hydrogens is 392 g/mol. The summed E-state index contributed by atoms with van der Waals surface area (Å²) in [5, 5.41) is 3.23. The number of nitrogens with one attached hydrogen (secondary N) is 1. The SMILES string of the molecule is O=C(NC1CCCCCCC1)c1ccc([C@@H]2SCC(=O)N2Cc2ccccc2)cc1. The summed E-state index contributed by atoms with van der Waals surface area (Å²) in [4.78, 5) is 27.1. The van der Waals surface area contributed by atoms with Crippen LogP contribution in [0, 0.1) is 0 Å². The second-order valence-electron chi connectivity index (χ2n) is 8.31. The van der Waals surface area contributed by atoms with Gasteiger partial charge in [0.25, 0.3) is 5.91 Å². The van der Waals surface area contributed by atoms with Crippen LogP contribution in [0.3, 0.4) is 0 Å². The van der Waals surface area contributed by atoms with E-state index < -0.39 is 0 Å². The molecule has 1 N–H and O–H groups in total. The minimum absolute atomic E-state index is 0.000393. The largest absolute Gasteiger partial charge is 0.349 e. The maximum Gasteiger partial charge on any atom is 0.251 e. The van der Waals surface area contributed by atoms with Crippen molar-refractivity contribution in [2.75, 3.05) is 5.75 Å². The van der Waals surface area contributed by atoms with Crippen LogP contribution in [0.25, 0.3) is 0 Å². The van der Waals surface area contributed by atoms with Crippen molar-refractivity contribution in [3.05, 3.63) is 71.3 Å². The Bertz CT molecular complexity index is 845. The molecule has 2 fully saturated rings. The molecule has 1 saturated carbocycles. The first-order valence-electron chi connectivity index (χ1n) is 11.1. The normalized spacial score (nSPS) is 20.6. The van der Waals surface area contributed by atoms with Gasteiger partial charge in [0, 0.05) is 18.2 Å². The standard InChI is InChI=1S/C25H30N2O2S/c28-23-18-30-25(27(23)17-19-9-5-4-6-10-19)21-15-13-20(14-16-21)24(29)26-22-11-7-2-1-3-8-12-22/h4-6,9-10,13-16,22,25H,1-3,7-8,11-12,17-18H2,(H,26,29)/t25-/m0/s1. The Hall–Kier alpha value is -2.27. The molecule has 5 heteroatoms. The van der Waals surface area contributed by atoms with E-state index in [0.717, 1.165) is 24.0 Å². The predicted octanol–water partition coefficient (Wildman–Crippen LogP) is 5.30. The molecule has 0 unspecified atom stereocenters. The number of nitrogens with zero attached hydrogens (tertiary/aromatic N) is 1. The molecule has 0 radical (unpaired) electrons. The van der Waals surface area contributed by atoms with Crippen LogP contribution < -0.4 is 5.32 Å². The Kier molecular flexibility index (Phi) is 7.11. The van der Waals surface area contributed by atoms with Crippen LogP contribution in [0.15, 0.2) is 54.6 Å². The smallest absolute Gasteiger partial charge is 0.251 e. The monoisotopic (exact) mass is 422 g/mol. The van der Waals surface area contributed by atoms with Crippen molar-refractivity contribution in [1.82, 2.24) is 10.2 Å². The van der Waals surface area contributed by atoms with Gasteiger partial charge in [-0.25, -0.2) is 0 Å². The first kappa shape index (κ1) is 21.0. The highest BCUT2D eigenvalue weighted by molar-refractivity contribution is 8.00. The van der Waals surface area contributed by atoms with Crippen molar-refractivity contribution < 1.29 is 9.59 Å². The molecule has 2 aliphatic rings. The summed E-state index contributed by atoms with van der Waals surface area (Å²) in [6.07, 6.45) is 8.45. The zero-order valence-corrected chi connectivity index (χ0v) is 18.2. The van der Waals surface area contributed by atoms with Gasteiger partial charge in [0.05, 0.1) is 5.75 Å². The number of thioether (sulfide) groups is 1. The van der Waals surface area contributed by atoms with Crippen LogP contribution in [0.1, 0.15) is 71.8 Å². The van der Waals surface area contributed by atoms with Crippen molar-refractivity contribution in [3.63, 3.8) is 0 Å². The van der Waals surface area contributed by atoms with E-state index in [1.54, 1.807) is 11.8 Å². The summed E-state index contributed by atoms with van der Waals surface area (Å²) < 4.78 is 0. The molecule has 1 aliphatic carbocycles. The van der Waals surface area contributed by atoms with E-state index >= 15 is 0 Å². The van der Waals surface area contributed by atoms with E-state index in [-0.39, 0.29) is 17.2 Å². The number of carbonyl (C=O) groups excluding carboxylic acids is 2. The molecule has 158 valence electrons. The predicted molar refractivity (Wildman–Crippen MR) is 122 cm³/mol. The van der Waals surface area contributed by atoms with Crippen LogP contribution in [-0.4, -0.2) is 28.5 Å². The zero-order chi connectivity index (χ0) is 20.8. The first-order valence-corrected chi connectivity index (χ1v) is 12.1. The maximum atomic E-state index is 12.7. The van der Waals surface area contributed by atoms with Crippen LogP contribution in [-0.2, 0) is 11.3 Å². The lowest BCUT2D eigenvalue weighted by Gasteiger charge is -2.24. The van der Waals surface area contributed by atoms with Gasteiger partial charge in [-0.05, 0) is 36.1 Å². The summed E-state index contributed by atoms with van der Waals surface area (Å²) in [7, 11) is 0. The average Bonchev–Trinajstić information content (AvgIpc) is 3.11. The van der Waals surface area contributed by atoms with Gasteiger partial charge in [-0.15, -0.1) is 11.8 Å². The Labute approximate surface area is 183 Å². The highest BCUT2D eigenvalue weighted by atomic mass is 32.2. The van der Waals surface area contributed by atoms with Gasteiger partial charge in [0.15, 0.2) is 0 Å². The number of benzene rings is 2. The number of rotatable bonds is 5. The quantitative estimate of drug-likeness (QED) is 0.711. The van der Waals surface area contributed by atoms with Crippen LogP contribution >= 0.6 is 11.8 Å². The zero-order valence-electron chi connectivity index (χ0n) is 17.4. The minimum Gasteiger partial charge on any atom is -0.349 e. The third-order valence-corrected chi connectivity index (χ3v) is 7.32. The molecule has 0 aromatic heterocycles. The highest BCUT2D eigenvalue weighted by Gasteiger charge is 2.32. The van der Waals surface area contributed by atoms with Crippen molar-refractivity contribution in [2.45, 2.75) is 62.9 Å². The van der Waals surface area contributed by atoms with Gasteiger partial charge >= 0.3 is 0 Å². The lowest BCUT2D eigenvalue weighted by Crippen LogP contribution is -2.35. The summed E-state index contributed by atoms with van der Waals surface area (Å²) in [6, 6.07) is 18.2. The third kappa shape index (κ3) is 5.25. The molecule has 30 heavy (non-hydrogen) atoms. The molecule has 2 aromatic carbocycles. The lowest BCUT2D eigenvalue weighted by atomic mass is 9.96. The van der Waals surface area contributed by atoms with E-state index in [2.05, 4.69) is 17.4 Å². The fourth-order valence-electron chi connectivity index (χ4n) is 4.35. The fraction of sp³-hybridized carbons (Fsp3) is 0.440. The molecule has 0 bridgehead atoms. The van der Waals surface area contributed by atoms with Crippen LogP contribution in [0.2, 0.25) is 0 Å². The molecule has 1 aliphatic heterocycles. The Morgan fingerprint density at radius 3 is 2.30 bits per heavy atom. The van der Waals surface area contributed by atoms with E-state index in [0.29, 0.717) is 23.9 Å². The van der Waals surface area contributed by atoms with Gasteiger partial charge in [0.1, 0.15) is 5.37 Å². The van der Waals surface area contributed by atoms with Gasteiger partial charge in [-0.3, -0.25) is 9.59 Å².